The van der Waals surface area contributed by atoms with Gasteiger partial charge >= 0.3 is 6.18 Å². The number of nitrogens with one attached hydrogen (secondary N) is 1. The number of methoxy groups -OCH3 is 1. The van der Waals surface area contributed by atoms with Gasteiger partial charge in [0.15, 0.2) is 0 Å². The van der Waals surface area contributed by atoms with E-state index < -0.39 is 11.7 Å². The lowest BCUT2D eigenvalue weighted by Crippen LogP contribution is -2.31. The molecular formula is C14H20F3NO. The molecule has 2 nitrogen and oxygen atoms in total. The second-order valence-corrected chi connectivity index (χ2v) is 4.67. The minimum atomic E-state index is -4.27. The van der Waals surface area contributed by atoms with E-state index >= 15 is 0 Å². The molecule has 0 saturated carbocycles. The van der Waals surface area contributed by atoms with Crippen LogP contribution in [0, 0.1) is 0 Å². The van der Waals surface area contributed by atoms with Crippen molar-refractivity contribution < 1.29 is 17.9 Å². The molecule has 0 aliphatic carbocycles. The normalized spacial score (nSPS) is 15.3. The smallest absolute Gasteiger partial charge is 0.382 e. The summed E-state index contributed by atoms with van der Waals surface area (Å²) in [5.41, 5.74) is 0.276. The first-order valence-corrected chi connectivity index (χ1v) is 6.23. The van der Waals surface area contributed by atoms with Crippen molar-refractivity contribution in [2.75, 3.05) is 14.2 Å². The van der Waals surface area contributed by atoms with Gasteiger partial charge in [0.1, 0.15) is 0 Å². The van der Waals surface area contributed by atoms with Crippen molar-refractivity contribution in [2.45, 2.75) is 38.1 Å². The van der Waals surface area contributed by atoms with E-state index in [1.165, 1.54) is 12.1 Å². The molecule has 2 unspecified atom stereocenters. The molecule has 1 aromatic carbocycles. The van der Waals surface area contributed by atoms with Gasteiger partial charge in [-0.1, -0.05) is 12.1 Å². The van der Waals surface area contributed by atoms with Gasteiger partial charge in [-0.15, -0.1) is 0 Å². The van der Waals surface area contributed by atoms with E-state index in [4.69, 9.17) is 4.74 Å². The van der Waals surface area contributed by atoms with Gasteiger partial charge in [-0.05, 0) is 44.5 Å². The molecule has 0 fully saturated rings. The minimum absolute atomic E-state index is 0.117. The van der Waals surface area contributed by atoms with E-state index in [9.17, 15) is 13.2 Å². The zero-order valence-corrected chi connectivity index (χ0v) is 11.4. The average molecular weight is 275 g/mol. The van der Waals surface area contributed by atoms with Crippen molar-refractivity contribution in [2.24, 2.45) is 0 Å². The monoisotopic (exact) mass is 275 g/mol. The van der Waals surface area contributed by atoms with Crippen LogP contribution in [0.15, 0.2) is 24.3 Å². The third-order valence-corrected chi connectivity index (χ3v) is 3.19. The fraction of sp³-hybridized carbons (Fsp3) is 0.571. The Labute approximate surface area is 112 Å². The standard InChI is InChI=1S/C14H20F3NO/c1-10(19-3)8-13(18-2)9-11-4-6-12(7-5-11)14(15,16)17/h4-7,10,13,18H,8-9H2,1-3H3. The van der Waals surface area contributed by atoms with Crippen LogP contribution < -0.4 is 5.32 Å². The third-order valence-electron chi connectivity index (χ3n) is 3.19. The summed E-state index contributed by atoms with van der Waals surface area (Å²) in [7, 11) is 3.49. The van der Waals surface area contributed by atoms with Crippen LogP contribution in [0.4, 0.5) is 13.2 Å². The van der Waals surface area contributed by atoms with Crippen molar-refractivity contribution >= 4 is 0 Å². The predicted molar refractivity (Wildman–Crippen MR) is 69.1 cm³/mol. The lowest BCUT2D eigenvalue weighted by Gasteiger charge is -2.20. The molecule has 0 aromatic heterocycles. The van der Waals surface area contributed by atoms with Crippen LogP contribution in [-0.2, 0) is 17.3 Å². The molecule has 1 aromatic rings. The van der Waals surface area contributed by atoms with E-state index in [1.807, 2.05) is 14.0 Å². The van der Waals surface area contributed by atoms with Crippen LogP contribution in [0.2, 0.25) is 0 Å². The highest BCUT2D eigenvalue weighted by Crippen LogP contribution is 2.29. The van der Waals surface area contributed by atoms with E-state index in [2.05, 4.69) is 5.32 Å². The first-order chi connectivity index (χ1) is 8.86. The highest BCUT2D eigenvalue weighted by atomic mass is 19.4. The van der Waals surface area contributed by atoms with Crippen LogP contribution in [0.25, 0.3) is 0 Å². The van der Waals surface area contributed by atoms with Gasteiger partial charge in [0, 0.05) is 13.2 Å². The van der Waals surface area contributed by atoms with Crippen molar-refractivity contribution in [1.29, 1.82) is 0 Å². The number of alkyl halides is 3. The number of hydrogen-bond donors (Lipinski definition) is 1. The van der Waals surface area contributed by atoms with Crippen molar-refractivity contribution in [1.82, 2.24) is 5.32 Å². The van der Waals surface area contributed by atoms with E-state index in [0.29, 0.717) is 6.42 Å². The summed E-state index contributed by atoms with van der Waals surface area (Å²) in [6.45, 7) is 1.97. The zero-order valence-electron chi connectivity index (χ0n) is 11.4. The maximum atomic E-state index is 12.4. The van der Waals surface area contributed by atoms with Gasteiger partial charge in [0.05, 0.1) is 11.7 Å². The third kappa shape index (κ3) is 5.20. The molecule has 0 heterocycles. The second kappa shape index (κ2) is 6.91. The fourth-order valence-electron chi connectivity index (χ4n) is 1.91. The predicted octanol–water partition coefficient (Wildman–Crippen LogP) is 3.26. The van der Waals surface area contributed by atoms with Crippen LogP contribution in [0.5, 0.6) is 0 Å². The number of benzene rings is 1. The molecule has 0 spiro atoms. The Balaban J connectivity index is 2.65. The SMILES string of the molecule is CNC(Cc1ccc(C(F)(F)F)cc1)CC(C)OC. The fourth-order valence-corrected chi connectivity index (χ4v) is 1.91. The minimum Gasteiger partial charge on any atom is -0.382 e. The molecule has 1 rings (SSSR count). The first-order valence-electron chi connectivity index (χ1n) is 6.23. The maximum absolute atomic E-state index is 12.4. The van der Waals surface area contributed by atoms with Crippen molar-refractivity contribution in [3.05, 3.63) is 35.4 Å². The lowest BCUT2D eigenvalue weighted by atomic mass is 10.00. The summed E-state index contributed by atoms with van der Waals surface area (Å²) in [5.74, 6) is 0. The van der Waals surface area contributed by atoms with Crippen LogP contribution in [0.3, 0.4) is 0 Å². The van der Waals surface area contributed by atoms with Gasteiger partial charge in [-0.2, -0.15) is 13.2 Å². The van der Waals surface area contributed by atoms with Crippen LogP contribution in [0.1, 0.15) is 24.5 Å². The molecule has 0 aliphatic heterocycles. The Morgan fingerprint density at radius 1 is 1.21 bits per heavy atom. The number of likely N-dealkylation sites (N-methyl/N-ethyl adjacent to an activating group) is 1. The van der Waals surface area contributed by atoms with Crippen LogP contribution in [-0.4, -0.2) is 26.3 Å². The van der Waals surface area contributed by atoms with E-state index in [-0.39, 0.29) is 12.1 Å². The molecule has 0 saturated heterocycles. The molecule has 1 N–H and O–H groups in total. The number of halogens is 3. The largest absolute Gasteiger partial charge is 0.416 e. The Morgan fingerprint density at radius 2 is 1.79 bits per heavy atom. The summed E-state index contributed by atoms with van der Waals surface area (Å²) in [5, 5.41) is 3.16. The first kappa shape index (κ1) is 16.0. The molecule has 0 bridgehead atoms. The molecule has 0 amide bonds. The molecule has 108 valence electrons. The Hall–Kier alpha value is -1.07. The maximum Gasteiger partial charge on any atom is 0.416 e. The molecular weight excluding hydrogens is 255 g/mol. The number of ether oxygens (including phenoxy) is 1. The van der Waals surface area contributed by atoms with Gasteiger partial charge < -0.3 is 10.1 Å². The number of rotatable bonds is 6. The lowest BCUT2D eigenvalue weighted by molar-refractivity contribution is -0.137. The van der Waals surface area contributed by atoms with E-state index in [1.54, 1.807) is 7.11 Å². The second-order valence-electron chi connectivity index (χ2n) is 4.67. The summed E-state index contributed by atoms with van der Waals surface area (Å²) < 4.78 is 42.5. The quantitative estimate of drug-likeness (QED) is 0.860. The molecule has 0 aliphatic rings. The van der Waals surface area contributed by atoms with Gasteiger partial charge in [-0.3, -0.25) is 0 Å². The van der Waals surface area contributed by atoms with Crippen LogP contribution >= 0.6 is 0 Å². The summed E-state index contributed by atoms with van der Waals surface area (Å²) in [4.78, 5) is 0. The topological polar surface area (TPSA) is 21.3 Å². The summed E-state index contributed by atoms with van der Waals surface area (Å²) >= 11 is 0. The molecule has 19 heavy (non-hydrogen) atoms. The zero-order chi connectivity index (χ0) is 14.5. The van der Waals surface area contributed by atoms with Gasteiger partial charge in [0.2, 0.25) is 0 Å². The van der Waals surface area contributed by atoms with Gasteiger partial charge in [-0.25, -0.2) is 0 Å². The highest BCUT2D eigenvalue weighted by Gasteiger charge is 2.29. The number of hydrogen-bond acceptors (Lipinski definition) is 2. The van der Waals surface area contributed by atoms with Crippen molar-refractivity contribution in [3.63, 3.8) is 0 Å². The Morgan fingerprint density at radius 3 is 2.21 bits per heavy atom. The van der Waals surface area contributed by atoms with Crippen molar-refractivity contribution in [3.8, 4) is 0 Å². The Kier molecular flexibility index (Phi) is 5.82. The summed E-state index contributed by atoms with van der Waals surface area (Å²) in [6.07, 6.45) is -2.66. The molecule has 0 radical (unpaired) electrons. The Bertz CT molecular complexity index is 375. The molecule has 5 heteroatoms. The van der Waals surface area contributed by atoms with E-state index in [0.717, 1.165) is 24.1 Å². The average Bonchev–Trinajstić information content (AvgIpc) is 2.37. The highest BCUT2D eigenvalue weighted by molar-refractivity contribution is 5.25. The van der Waals surface area contributed by atoms with Gasteiger partial charge in [0.25, 0.3) is 0 Å². The summed E-state index contributed by atoms with van der Waals surface area (Å²) in [6, 6.07) is 5.51. The molecule has 2 atom stereocenters.